The summed E-state index contributed by atoms with van der Waals surface area (Å²) in [5, 5.41) is 6.22. The fourth-order valence-corrected chi connectivity index (χ4v) is 5.27. The fraction of sp³-hybridized carbons (Fsp3) is 0.231. The second kappa shape index (κ2) is 9.82. The maximum atomic E-state index is 12.9. The summed E-state index contributed by atoms with van der Waals surface area (Å²) >= 11 is 1.42. The molecule has 10 heteroatoms. The number of nitrogens with one attached hydrogen (secondary N) is 1. The molecule has 5 rings (SSSR count). The predicted octanol–water partition coefficient (Wildman–Crippen LogP) is 4.27. The molecule has 2 aromatic carbocycles. The van der Waals surface area contributed by atoms with E-state index in [0.717, 1.165) is 23.2 Å². The number of amides is 3. The van der Waals surface area contributed by atoms with Gasteiger partial charge in [0.05, 0.1) is 17.8 Å². The van der Waals surface area contributed by atoms with Crippen molar-refractivity contribution in [2.24, 2.45) is 5.73 Å². The summed E-state index contributed by atoms with van der Waals surface area (Å²) < 4.78 is 11.0. The van der Waals surface area contributed by atoms with Crippen molar-refractivity contribution in [1.29, 1.82) is 0 Å². The normalized spacial score (nSPS) is 14.1. The number of nitrogens with zero attached hydrogens (tertiary/aromatic N) is 2. The number of piperidine rings is 1. The molecule has 3 heterocycles. The first-order valence-corrected chi connectivity index (χ1v) is 12.3. The topological polar surface area (TPSA) is 128 Å². The summed E-state index contributed by atoms with van der Waals surface area (Å²) in [4.78, 5) is 43.6. The molecule has 0 saturated carbocycles. The largest absolute Gasteiger partial charge is 0.495 e. The summed E-state index contributed by atoms with van der Waals surface area (Å²) in [5.41, 5.74) is 6.92. The zero-order valence-electron chi connectivity index (χ0n) is 19.5. The van der Waals surface area contributed by atoms with Crippen LogP contribution in [-0.2, 0) is 0 Å². The minimum Gasteiger partial charge on any atom is -0.495 e. The van der Waals surface area contributed by atoms with Crippen molar-refractivity contribution in [2.45, 2.75) is 18.8 Å². The van der Waals surface area contributed by atoms with Gasteiger partial charge in [-0.15, -0.1) is 11.3 Å². The van der Waals surface area contributed by atoms with E-state index in [-0.39, 0.29) is 23.1 Å². The number of likely N-dealkylation sites (tertiary alicyclic amines) is 1. The molecule has 0 bridgehead atoms. The highest BCUT2D eigenvalue weighted by atomic mass is 32.1. The zero-order chi connectivity index (χ0) is 25.2. The number of aromatic nitrogens is 1. The van der Waals surface area contributed by atoms with Crippen LogP contribution >= 0.6 is 11.3 Å². The number of methoxy groups -OCH3 is 1. The molecule has 0 atom stereocenters. The molecule has 1 aliphatic heterocycles. The number of ether oxygens (including phenoxy) is 1. The number of benzene rings is 2. The Labute approximate surface area is 210 Å². The molecule has 9 nitrogen and oxygen atoms in total. The van der Waals surface area contributed by atoms with Gasteiger partial charge in [0, 0.05) is 35.3 Å². The smallest absolute Gasteiger partial charge is 0.289 e. The van der Waals surface area contributed by atoms with Gasteiger partial charge >= 0.3 is 0 Å². The molecular formula is C26H24N4O5S. The van der Waals surface area contributed by atoms with Crippen molar-refractivity contribution in [3.05, 3.63) is 75.9 Å². The van der Waals surface area contributed by atoms with Crippen molar-refractivity contribution in [3.8, 4) is 5.75 Å². The number of fused-ring (bicyclic) bond motifs is 1. The van der Waals surface area contributed by atoms with Crippen molar-refractivity contribution in [2.75, 3.05) is 25.5 Å². The van der Waals surface area contributed by atoms with E-state index >= 15 is 0 Å². The highest BCUT2D eigenvalue weighted by molar-refractivity contribution is 7.10. The van der Waals surface area contributed by atoms with Gasteiger partial charge in [-0.1, -0.05) is 18.2 Å². The molecule has 1 aliphatic rings. The number of furan rings is 1. The quantitative estimate of drug-likeness (QED) is 0.404. The molecule has 3 N–H and O–H groups in total. The van der Waals surface area contributed by atoms with E-state index < -0.39 is 11.8 Å². The number of para-hydroxylation sites is 1. The lowest BCUT2D eigenvalue weighted by atomic mass is 9.97. The highest BCUT2D eigenvalue weighted by Crippen LogP contribution is 2.32. The van der Waals surface area contributed by atoms with Crippen LogP contribution in [0.1, 0.15) is 55.2 Å². The van der Waals surface area contributed by atoms with Crippen molar-refractivity contribution < 1.29 is 23.5 Å². The molecule has 0 spiro atoms. The van der Waals surface area contributed by atoms with Gasteiger partial charge in [0.1, 0.15) is 17.0 Å². The molecule has 184 valence electrons. The minimum atomic E-state index is -0.603. The molecule has 4 aromatic rings. The number of primary amides is 1. The van der Waals surface area contributed by atoms with Crippen LogP contribution in [0.15, 0.2) is 58.3 Å². The lowest BCUT2D eigenvalue weighted by Gasteiger charge is -2.30. The number of nitrogens with two attached hydrogens (primary N) is 1. The average Bonchev–Trinajstić information content (AvgIpc) is 3.56. The molecular weight excluding hydrogens is 480 g/mol. The number of hydrogen-bond donors (Lipinski definition) is 2. The number of hydrogen-bond acceptors (Lipinski definition) is 7. The Hall–Kier alpha value is -4.18. The summed E-state index contributed by atoms with van der Waals surface area (Å²) in [7, 11) is 1.47. The van der Waals surface area contributed by atoms with E-state index in [9.17, 15) is 14.4 Å². The van der Waals surface area contributed by atoms with Gasteiger partial charge in [0.25, 0.3) is 11.8 Å². The Balaban J connectivity index is 1.22. The number of thiazole rings is 1. The minimum absolute atomic E-state index is 0.115. The average molecular weight is 505 g/mol. The Bertz CT molecular complexity index is 1420. The van der Waals surface area contributed by atoms with Crippen LogP contribution in [0.3, 0.4) is 0 Å². The van der Waals surface area contributed by atoms with Crippen molar-refractivity contribution >= 4 is 45.7 Å². The second-order valence-electron chi connectivity index (χ2n) is 8.52. The Morgan fingerprint density at radius 1 is 1.14 bits per heavy atom. The molecule has 0 radical (unpaired) electrons. The molecule has 0 aliphatic carbocycles. The van der Waals surface area contributed by atoms with Crippen LogP contribution in [0, 0.1) is 0 Å². The third-order valence-corrected chi connectivity index (χ3v) is 7.26. The van der Waals surface area contributed by atoms with E-state index in [2.05, 4.69) is 10.3 Å². The molecule has 3 amide bonds. The van der Waals surface area contributed by atoms with E-state index in [0.29, 0.717) is 35.9 Å². The van der Waals surface area contributed by atoms with Gasteiger partial charge in [-0.05, 0) is 43.2 Å². The lowest BCUT2D eigenvalue weighted by molar-refractivity contribution is 0.0683. The van der Waals surface area contributed by atoms with Gasteiger partial charge in [0.2, 0.25) is 5.91 Å². The first kappa shape index (κ1) is 23.6. The molecule has 0 unspecified atom stereocenters. The Kier molecular flexibility index (Phi) is 6.43. The Morgan fingerprint density at radius 2 is 1.92 bits per heavy atom. The summed E-state index contributed by atoms with van der Waals surface area (Å²) in [6, 6.07) is 13.9. The molecule has 36 heavy (non-hydrogen) atoms. The van der Waals surface area contributed by atoms with Crippen LogP contribution < -0.4 is 15.8 Å². The van der Waals surface area contributed by atoms with Gasteiger partial charge in [-0.3, -0.25) is 14.4 Å². The second-order valence-corrected chi connectivity index (χ2v) is 9.41. The molecule has 2 aromatic heterocycles. The number of anilines is 1. The number of carbonyl (C=O) groups excluding carboxylic acids is 3. The first-order valence-electron chi connectivity index (χ1n) is 11.5. The molecule has 1 fully saturated rings. The van der Waals surface area contributed by atoms with Crippen LogP contribution in [0.5, 0.6) is 5.75 Å². The Morgan fingerprint density at radius 3 is 2.64 bits per heavy atom. The number of rotatable bonds is 6. The van der Waals surface area contributed by atoms with E-state index in [4.69, 9.17) is 14.9 Å². The third kappa shape index (κ3) is 4.67. The lowest BCUT2D eigenvalue weighted by Crippen LogP contribution is -2.37. The fourth-order valence-electron chi connectivity index (χ4n) is 4.30. The summed E-state index contributed by atoms with van der Waals surface area (Å²) in [5.74, 6) is -0.215. The monoisotopic (exact) mass is 504 g/mol. The molecule has 1 saturated heterocycles. The van der Waals surface area contributed by atoms with E-state index in [1.54, 1.807) is 22.4 Å². The van der Waals surface area contributed by atoms with E-state index in [1.807, 2.05) is 24.3 Å². The maximum Gasteiger partial charge on any atom is 0.289 e. The first-order chi connectivity index (χ1) is 17.4. The predicted molar refractivity (Wildman–Crippen MR) is 136 cm³/mol. The zero-order valence-corrected chi connectivity index (χ0v) is 20.3. The van der Waals surface area contributed by atoms with Crippen LogP contribution in [0.4, 0.5) is 5.69 Å². The van der Waals surface area contributed by atoms with Gasteiger partial charge < -0.3 is 25.1 Å². The SMILES string of the molecule is COc1ccc(C(N)=O)cc1NC(=O)c1csc(C2CCN(C(=O)c3cc4ccccc4o3)CC2)n1. The van der Waals surface area contributed by atoms with Crippen LogP contribution in [0.25, 0.3) is 11.0 Å². The van der Waals surface area contributed by atoms with Crippen molar-refractivity contribution in [1.82, 2.24) is 9.88 Å². The van der Waals surface area contributed by atoms with Crippen LogP contribution in [0.2, 0.25) is 0 Å². The summed E-state index contributed by atoms with van der Waals surface area (Å²) in [6.45, 7) is 1.16. The van der Waals surface area contributed by atoms with Crippen molar-refractivity contribution in [3.63, 3.8) is 0 Å². The highest BCUT2D eigenvalue weighted by Gasteiger charge is 2.28. The standard InChI is InChI=1S/C26H24N4O5S/c1-34-21-7-6-17(23(27)31)12-18(21)28-24(32)19-14-36-25(29-19)15-8-10-30(11-9-15)26(33)22-13-16-4-2-3-5-20(16)35-22/h2-7,12-15H,8-11H2,1H3,(H2,27,31)(H,28,32). The maximum absolute atomic E-state index is 12.9. The van der Waals surface area contributed by atoms with Gasteiger partial charge in [-0.2, -0.15) is 0 Å². The van der Waals surface area contributed by atoms with Gasteiger partial charge in [-0.25, -0.2) is 4.98 Å². The van der Waals surface area contributed by atoms with E-state index in [1.165, 1.54) is 30.6 Å². The van der Waals surface area contributed by atoms with Crippen LogP contribution in [-0.4, -0.2) is 47.8 Å². The summed E-state index contributed by atoms with van der Waals surface area (Å²) in [6.07, 6.45) is 1.49. The number of carbonyl (C=O) groups is 3. The third-order valence-electron chi connectivity index (χ3n) is 6.25. The van der Waals surface area contributed by atoms with Gasteiger partial charge in [0.15, 0.2) is 5.76 Å².